The Morgan fingerprint density at radius 2 is 2.20 bits per heavy atom. The Hall–Kier alpha value is -0.620. The fourth-order valence-electron chi connectivity index (χ4n) is 2.21. The molecule has 0 radical (unpaired) electrons. The number of halogens is 1. The van der Waals surface area contributed by atoms with Gasteiger partial charge in [0, 0.05) is 24.2 Å². The highest BCUT2D eigenvalue weighted by Crippen LogP contribution is 2.17. The zero-order valence-electron chi connectivity index (χ0n) is 11.6. The minimum atomic E-state index is -0.492. The summed E-state index contributed by atoms with van der Waals surface area (Å²) in [5, 5.41) is 13.2. The van der Waals surface area contributed by atoms with Gasteiger partial charge in [-0.05, 0) is 43.5 Å². The summed E-state index contributed by atoms with van der Waals surface area (Å²) in [6, 6.07) is 7.63. The number of hydrogen-bond acceptors (Lipinski definition) is 4. The van der Waals surface area contributed by atoms with Crippen molar-refractivity contribution in [2.24, 2.45) is 5.92 Å². The van der Waals surface area contributed by atoms with Crippen LogP contribution in [0.3, 0.4) is 0 Å². The van der Waals surface area contributed by atoms with Crippen molar-refractivity contribution in [2.45, 2.75) is 18.9 Å². The molecule has 1 saturated heterocycles. The van der Waals surface area contributed by atoms with Crippen LogP contribution >= 0.6 is 15.9 Å². The van der Waals surface area contributed by atoms with Gasteiger partial charge in [0.1, 0.15) is 18.5 Å². The third kappa shape index (κ3) is 5.79. The van der Waals surface area contributed by atoms with Crippen LogP contribution in [0.5, 0.6) is 5.75 Å². The molecule has 0 aliphatic carbocycles. The first-order valence-corrected chi connectivity index (χ1v) is 7.88. The molecule has 2 N–H and O–H groups in total. The lowest BCUT2D eigenvalue weighted by molar-refractivity contribution is 0.0630. The second-order valence-electron chi connectivity index (χ2n) is 5.14. The van der Waals surface area contributed by atoms with Crippen LogP contribution in [0.4, 0.5) is 0 Å². The van der Waals surface area contributed by atoms with Crippen molar-refractivity contribution in [1.29, 1.82) is 0 Å². The van der Waals surface area contributed by atoms with Gasteiger partial charge in [-0.1, -0.05) is 22.0 Å². The SMILES string of the molecule is OC(CNCC1CCOCC1)COc1cccc(Br)c1. The van der Waals surface area contributed by atoms with Crippen molar-refractivity contribution in [2.75, 3.05) is 32.9 Å². The van der Waals surface area contributed by atoms with Crippen LogP contribution in [0.2, 0.25) is 0 Å². The molecule has 0 bridgehead atoms. The van der Waals surface area contributed by atoms with E-state index in [0.29, 0.717) is 19.1 Å². The second-order valence-corrected chi connectivity index (χ2v) is 6.05. The molecular formula is C15H22BrNO3. The molecule has 1 unspecified atom stereocenters. The van der Waals surface area contributed by atoms with Crippen molar-refractivity contribution in [3.05, 3.63) is 28.7 Å². The van der Waals surface area contributed by atoms with E-state index in [-0.39, 0.29) is 0 Å². The predicted molar refractivity (Wildman–Crippen MR) is 82.1 cm³/mol. The van der Waals surface area contributed by atoms with Crippen molar-refractivity contribution in [3.8, 4) is 5.75 Å². The molecule has 1 heterocycles. The van der Waals surface area contributed by atoms with E-state index >= 15 is 0 Å². The summed E-state index contributed by atoms with van der Waals surface area (Å²) >= 11 is 3.39. The molecular weight excluding hydrogens is 322 g/mol. The van der Waals surface area contributed by atoms with Crippen molar-refractivity contribution in [3.63, 3.8) is 0 Å². The lowest BCUT2D eigenvalue weighted by Gasteiger charge is -2.23. The van der Waals surface area contributed by atoms with Gasteiger partial charge in [0.05, 0.1) is 0 Å². The van der Waals surface area contributed by atoms with Crippen LogP contribution in [-0.2, 0) is 4.74 Å². The average Bonchev–Trinajstić information content (AvgIpc) is 2.46. The van der Waals surface area contributed by atoms with Gasteiger partial charge in [-0.25, -0.2) is 0 Å². The maximum absolute atomic E-state index is 9.89. The number of hydrogen-bond donors (Lipinski definition) is 2. The van der Waals surface area contributed by atoms with Gasteiger partial charge < -0.3 is 19.9 Å². The summed E-state index contributed by atoms with van der Waals surface area (Å²) < 4.78 is 11.8. The minimum Gasteiger partial charge on any atom is -0.491 e. The number of ether oxygens (including phenoxy) is 2. The summed E-state index contributed by atoms with van der Waals surface area (Å²) in [7, 11) is 0. The fraction of sp³-hybridized carbons (Fsp3) is 0.600. The van der Waals surface area contributed by atoms with Crippen molar-refractivity contribution < 1.29 is 14.6 Å². The normalized spacial score (nSPS) is 17.9. The monoisotopic (exact) mass is 343 g/mol. The van der Waals surface area contributed by atoms with Crippen LogP contribution in [0.15, 0.2) is 28.7 Å². The first kappa shape index (κ1) is 15.8. The smallest absolute Gasteiger partial charge is 0.120 e. The molecule has 2 rings (SSSR count). The third-order valence-electron chi connectivity index (χ3n) is 3.39. The van der Waals surface area contributed by atoms with Gasteiger partial charge in [-0.3, -0.25) is 0 Å². The topological polar surface area (TPSA) is 50.7 Å². The molecule has 0 spiro atoms. The van der Waals surface area contributed by atoms with Gasteiger partial charge in [-0.2, -0.15) is 0 Å². The van der Waals surface area contributed by atoms with E-state index in [9.17, 15) is 5.11 Å². The molecule has 0 amide bonds. The molecule has 1 atom stereocenters. The highest BCUT2D eigenvalue weighted by Gasteiger charge is 2.14. The van der Waals surface area contributed by atoms with Gasteiger partial charge >= 0.3 is 0 Å². The molecule has 20 heavy (non-hydrogen) atoms. The number of aliphatic hydroxyl groups is 1. The molecule has 1 aliphatic rings. The first-order valence-electron chi connectivity index (χ1n) is 7.09. The number of aliphatic hydroxyl groups excluding tert-OH is 1. The molecule has 1 aromatic carbocycles. The Morgan fingerprint density at radius 1 is 1.40 bits per heavy atom. The van der Waals surface area contributed by atoms with Gasteiger partial charge in [0.2, 0.25) is 0 Å². The zero-order valence-corrected chi connectivity index (χ0v) is 13.1. The van der Waals surface area contributed by atoms with E-state index in [1.165, 1.54) is 0 Å². The Balaban J connectivity index is 1.59. The summed E-state index contributed by atoms with van der Waals surface area (Å²) in [5.74, 6) is 1.44. The zero-order chi connectivity index (χ0) is 14.2. The maximum atomic E-state index is 9.89. The van der Waals surface area contributed by atoms with E-state index in [0.717, 1.165) is 42.8 Å². The largest absolute Gasteiger partial charge is 0.491 e. The van der Waals surface area contributed by atoms with E-state index in [2.05, 4.69) is 21.2 Å². The quantitative estimate of drug-likeness (QED) is 0.796. The van der Waals surface area contributed by atoms with Gasteiger partial charge in [-0.15, -0.1) is 0 Å². The van der Waals surface area contributed by atoms with Crippen LogP contribution < -0.4 is 10.1 Å². The summed E-state index contributed by atoms with van der Waals surface area (Å²) in [6.45, 7) is 3.53. The molecule has 1 fully saturated rings. The molecule has 5 heteroatoms. The summed E-state index contributed by atoms with van der Waals surface area (Å²) in [6.07, 6.45) is 1.73. The second kappa shape index (κ2) is 8.62. The highest BCUT2D eigenvalue weighted by molar-refractivity contribution is 9.10. The average molecular weight is 344 g/mol. The summed E-state index contributed by atoms with van der Waals surface area (Å²) in [5.41, 5.74) is 0. The van der Waals surface area contributed by atoms with E-state index in [1.807, 2.05) is 24.3 Å². The Morgan fingerprint density at radius 3 is 2.95 bits per heavy atom. The lowest BCUT2D eigenvalue weighted by atomic mass is 10.0. The molecule has 112 valence electrons. The molecule has 1 aromatic rings. The van der Waals surface area contributed by atoms with Gasteiger partial charge in [0.15, 0.2) is 0 Å². The van der Waals surface area contributed by atoms with Crippen LogP contribution in [-0.4, -0.2) is 44.1 Å². The number of nitrogens with one attached hydrogen (secondary N) is 1. The Bertz CT molecular complexity index is 396. The molecule has 0 aromatic heterocycles. The lowest BCUT2D eigenvalue weighted by Crippen LogP contribution is -2.35. The van der Waals surface area contributed by atoms with Gasteiger partial charge in [0.25, 0.3) is 0 Å². The summed E-state index contributed by atoms with van der Waals surface area (Å²) in [4.78, 5) is 0. The Kier molecular flexibility index (Phi) is 6.79. The number of benzene rings is 1. The van der Waals surface area contributed by atoms with Crippen molar-refractivity contribution >= 4 is 15.9 Å². The van der Waals surface area contributed by atoms with E-state index in [4.69, 9.17) is 9.47 Å². The maximum Gasteiger partial charge on any atom is 0.120 e. The van der Waals surface area contributed by atoms with Crippen molar-refractivity contribution in [1.82, 2.24) is 5.32 Å². The first-order chi connectivity index (χ1) is 9.74. The van der Waals surface area contributed by atoms with Crippen LogP contribution in [0.1, 0.15) is 12.8 Å². The Labute approximate surface area is 128 Å². The van der Waals surface area contributed by atoms with Crippen LogP contribution in [0, 0.1) is 5.92 Å². The number of rotatable bonds is 7. The predicted octanol–water partition coefficient (Wildman–Crippen LogP) is 2.21. The standard InChI is InChI=1S/C15H22BrNO3/c16-13-2-1-3-15(8-13)20-11-14(18)10-17-9-12-4-6-19-7-5-12/h1-3,8,12,14,17-18H,4-7,9-11H2. The van der Waals surface area contributed by atoms with Crippen LogP contribution in [0.25, 0.3) is 0 Å². The molecule has 1 aliphatic heterocycles. The fourth-order valence-corrected chi connectivity index (χ4v) is 2.59. The molecule has 4 nitrogen and oxygen atoms in total. The minimum absolute atomic E-state index is 0.303. The third-order valence-corrected chi connectivity index (χ3v) is 3.89. The highest BCUT2D eigenvalue weighted by atomic mass is 79.9. The molecule has 0 saturated carbocycles. The van der Waals surface area contributed by atoms with E-state index < -0.39 is 6.10 Å². The van der Waals surface area contributed by atoms with E-state index in [1.54, 1.807) is 0 Å².